The second-order valence-electron chi connectivity index (χ2n) is 7.10. The average Bonchev–Trinajstić information content (AvgIpc) is 3.42. The Balaban J connectivity index is 1.61. The molecule has 1 amide bonds. The van der Waals surface area contributed by atoms with Crippen molar-refractivity contribution in [2.24, 2.45) is 0 Å². The highest BCUT2D eigenvalue weighted by Crippen LogP contribution is 2.22. The topological polar surface area (TPSA) is 80.5 Å². The predicted molar refractivity (Wildman–Crippen MR) is 118 cm³/mol. The number of ether oxygens (including phenoxy) is 1. The zero-order valence-corrected chi connectivity index (χ0v) is 18.3. The Bertz CT molecular complexity index is 894. The number of methoxy groups -OCH3 is 1. The lowest BCUT2D eigenvalue weighted by molar-refractivity contribution is -0.120. The molecule has 0 fully saturated rings. The molecule has 1 aromatic carbocycles. The molecule has 0 aliphatic heterocycles. The molecule has 30 heavy (non-hydrogen) atoms. The lowest BCUT2D eigenvalue weighted by Crippen LogP contribution is -2.31. The second-order valence-corrected chi connectivity index (χ2v) is 7.83. The Kier molecular flexibility index (Phi) is 8.41. The van der Waals surface area contributed by atoms with Crippen molar-refractivity contribution >= 4 is 22.6 Å². The smallest absolute Gasteiger partial charge is 0.221 e. The molecule has 2 heterocycles. The first-order valence-corrected chi connectivity index (χ1v) is 10.8. The quantitative estimate of drug-likeness (QED) is 0.444. The lowest BCUT2D eigenvalue weighted by Gasteiger charge is -2.20. The third kappa shape index (κ3) is 6.96. The number of hydrogen-bond donors (Lipinski definition) is 1. The molecule has 0 saturated heterocycles. The Hall–Kier alpha value is -2.71. The van der Waals surface area contributed by atoms with E-state index in [9.17, 15) is 4.79 Å². The van der Waals surface area contributed by atoms with Crippen molar-refractivity contribution in [3.05, 3.63) is 65.4 Å². The molecular weight excluding hydrogens is 400 g/mol. The summed E-state index contributed by atoms with van der Waals surface area (Å²) in [6.07, 6.45) is 3.52. The summed E-state index contributed by atoms with van der Waals surface area (Å²) in [6.45, 7) is 4.41. The Morgan fingerprint density at radius 1 is 1.27 bits per heavy atom. The van der Waals surface area contributed by atoms with E-state index < -0.39 is 0 Å². The SMILES string of the molecule is COCCCNC(=O)CCN(Cc1ccco1)c1nc(Cc2ccc(C)cc2)ns1. The van der Waals surface area contributed by atoms with Crippen molar-refractivity contribution < 1.29 is 13.9 Å². The monoisotopic (exact) mass is 428 g/mol. The summed E-state index contributed by atoms with van der Waals surface area (Å²) in [5.41, 5.74) is 2.41. The van der Waals surface area contributed by atoms with Gasteiger partial charge >= 0.3 is 0 Å². The van der Waals surface area contributed by atoms with E-state index in [1.165, 1.54) is 22.7 Å². The van der Waals surface area contributed by atoms with Gasteiger partial charge < -0.3 is 19.4 Å². The zero-order valence-electron chi connectivity index (χ0n) is 17.5. The molecule has 0 aliphatic carbocycles. The fourth-order valence-electron chi connectivity index (χ4n) is 2.94. The minimum Gasteiger partial charge on any atom is -0.467 e. The molecule has 160 valence electrons. The fraction of sp³-hybridized carbons (Fsp3) is 0.409. The molecule has 3 rings (SSSR count). The van der Waals surface area contributed by atoms with Crippen LogP contribution in [-0.4, -0.2) is 42.1 Å². The van der Waals surface area contributed by atoms with Gasteiger partial charge in [0.25, 0.3) is 0 Å². The van der Waals surface area contributed by atoms with Gasteiger partial charge in [-0.05, 0) is 31.0 Å². The number of amides is 1. The lowest BCUT2D eigenvalue weighted by atomic mass is 10.1. The number of nitrogens with one attached hydrogen (secondary N) is 1. The number of rotatable bonds is 12. The van der Waals surface area contributed by atoms with Crippen molar-refractivity contribution in [3.63, 3.8) is 0 Å². The largest absolute Gasteiger partial charge is 0.467 e. The van der Waals surface area contributed by atoms with Crippen LogP contribution >= 0.6 is 11.5 Å². The molecule has 0 radical (unpaired) electrons. The van der Waals surface area contributed by atoms with Crippen LogP contribution in [0.4, 0.5) is 5.13 Å². The molecule has 0 aliphatic rings. The van der Waals surface area contributed by atoms with Gasteiger partial charge in [0.2, 0.25) is 11.0 Å². The number of aryl methyl sites for hydroxylation is 1. The molecule has 1 N–H and O–H groups in total. The molecule has 2 aromatic heterocycles. The van der Waals surface area contributed by atoms with Gasteiger partial charge in [-0.1, -0.05) is 29.8 Å². The van der Waals surface area contributed by atoms with Crippen LogP contribution in [0, 0.1) is 6.92 Å². The first-order valence-electron chi connectivity index (χ1n) is 10.0. The van der Waals surface area contributed by atoms with Gasteiger partial charge in [0.1, 0.15) is 11.6 Å². The van der Waals surface area contributed by atoms with Gasteiger partial charge in [0.05, 0.1) is 12.8 Å². The van der Waals surface area contributed by atoms with E-state index in [1.54, 1.807) is 13.4 Å². The van der Waals surface area contributed by atoms with Crippen molar-refractivity contribution in [1.82, 2.24) is 14.7 Å². The molecule has 0 saturated carbocycles. The Morgan fingerprint density at radius 3 is 2.83 bits per heavy atom. The standard InChI is InChI=1S/C22H28N4O3S/c1-17-6-8-18(9-7-17)15-20-24-22(30-25-20)26(16-19-5-3-14-29-19)12-10-21(27)23-11-4-13-28-2/h3,5-9,14H,4,10-13,15-16H2,1-2H3,(H,23,27). The van der Waals surface area contributed by atoms with Gasteiger partial charge in [-0.15, -0.1) is 0 Å². The number of aromatic nitrogens is 2. The highest BCUT2D eigenvalue weighted by atomic mass is 32.1. The molecule has 8 heteroatoms. The first-order chi connectivity index (χ1) is 14.6. The maximum absolute atomic E-state index is 12.2. The summed E-state index contributed by atoms with van der Waals surface area (Å²) < 4.78 is 15.0. The third-order valence-corrected chi connectivity index (χ3v) is 5.41. The fourth-order valence-corrected chi connectivity index (χ4v) is 3.65. The van der Waals surface area contributed by atoms with Crippen LogP contribution < -0.4 is 10.2 Å². The van der Waals surface area contributed by atoms with Crippen molar-refractivity contribution in [3.8, 4) is 0 Å². The number of carbonyl (C=O) groups excluding carboxylic acids is 1. The first kappa shape index (κ1) is 22.0. The van der Waals surface area contributed by atoms with E-state index in [1.807, 2.05) is 17.0 Å². The predicted octanol–water partition coefficient (Wildman–Crippen LogP) is 3.58. The number of nitrogens with zero attached hydrogens (tertiary/aromatic N) is 3. The summed E-state index contributed by atoms with van der Waals surface area (Å²) in [7, 11) is 1.66. The van der Waals surface area contributed by atoms with Gasteiger partial charge in [-0.25, -0.2) is 4.98 Å². The van der Waals surface area contributed by atoms with Crippen molar-refractivity contribution in [2.45, 2.75) is 32.7 Å². The van der Waals surface area contributed by atoms with Gasteiger partial charge in [0, 0.05) is 51.2 Å². The maximum atomic E-state index is 12.2. The maximum Gasteiger partial charge on any atom is 0.221 e. The molecule has 0 spiro atoms. The van der Waals surface area contributed by atoms with Gasteiger partial charge in [-0.3, -0.25) is 4.79 Å². The highest BCUT2D eigenvalue weighted by Gasteiger charge is 2.16. The minimum atomic E-state index is 0.0138. The van der Waals surface area contributed by atoms with E-state index >= 15 is 0 Å². The van der Waals surface area contributed by atoms with Crippen LogP contribution in [0.5, 0.6) is 0 Å². The summed E-state index contributed by atoms with van der Waals surface area (Å²) >= 11 is 1.35. The van der Waals surface area contributed by atoms with Crippen LogP contribution in [0.25, 0.3) is 0 Å². The van der Waals surface area contributed by atoms with Crippen molar-refractivity contribution in [2.75, 3.05) is 31.7 Å². The van der Waals surface area contributed by atoms with Crippen LogP contribution in [0.3, 0.4) is 0 Å². The summed E-state index contributed by atoms with van der Waals surface area (Å²) in [6, 6.07) is 12.2. The number of anilines is 1. The van der Waals surface area contributed by atoms with Crippen LogP contribution in [0.1, 0.15) is 35.6 Å². The molecule has 0 atom stereocenters. The summed E-state index contributed by atoms with van der Waals surface area (Å²) in [5.74, 6) is 1.62. The van der Waals surface area contributed by atoms with E-state index in [4.69, 9.17) is 14.1 Å². The number of hydrogen-bond acceptors (Lipinski definition) is 7. The summed E-state index contributed by atoms with van der Waals surface area (Å²) in [4.78, 5) is 18.9. The Labute approximate surface area is 181 Å². The average molecular weight is 429 g/mol. The van der Waals surface area contributed by atoms with Gasteiger partial charge in [0.15, 0.2) is 0 Å². The summed E-state index contributed by atoms with van der Waals surface area (Å²) in [5, 5.41) is 3.72. The number of benzene rings is 1. The molecule has 7 nitrogen and oxygen atoms in total. The normalized spacial score (nSPS) is 10.9. The number of carbonyl (C=O) groups is 1. The minimum absolute atomic E-state index is 0.0138. The molecule has 0 unspecified atom stereocenters. The molecule has 0 bridgehead atoms. The second kappa shape index (κ2) is 11.5. The molecular formula is C22H28N4O3S. The van der Waals surface area contributed by atoms with Crippen LogP contribution in [0.2, 0.25) is 0 Å². The van der Waals surface area contributed by atoms with E-state index in [0.717, 1.165) is 23.1 Å². The van der Waals surface area contributed by atoms with Crippen LogP contribution in [-0.2, 0) is 22.5 Å². The molecule has 3 aromatic rings. The van der Waals surface area contributed by atoms with E-state index in [2.05, 4.69) is 40.9 Å². The van der Waals surface area contributed by atoms with Crippen LogP contribution in [0.15, 0.2) is 47.1 Å². The van der Waals surface area contributed by atoms with E-state index in [-0.39, 0.29) is 5.91 Å². The zero-order chi connectivity index (χ0) is 21.2. The third-order valence-electron chi connectivity index (χ3n) is 4.59. The van der Waals surface area contributed by atoms with E-state index in [0.29, 0.717) is 39.1 Å². The van der Waals surface area contributed by atoms with Gasteiger partial charge in [-0.2, -0.15) is 4.37 Å². The number of furan rings is 1. The Morgan fingerprint density at radius 2 is 2.10 bits per heavy atom. The van der Waals surface area contributed by atoms with Crippen molar-refractivity contribution in [1.29, 1.82) is 0 Å². The highest BCUT2D eigenvalue weighted by molar-refractivity contribution is 7.09.